The first-order chi connectivity index (χ1) is 9.02. The second-order valence-corrected chi connectivity index (χ2v) is 6.75. The molecule has 110 valence electrons. The summed E-state index contributed by atoms with van der Waals surface area (Å²) in [6, 6.07) is 0. The lowest BCUT2D eigenvalue weighted by molar-refractivity contribution is -0.149. The van der Waals surface area contributed by atoms with Crippen molar-refractivity contribution in [3.05, 3.63) is 0 Å². The summed E-state index contributed by atoms with van der Waals surface area (Å²) in [5.74, 6) is -0.0674. The molecule has 0 aromatic rings. The summed E-state index contributed by atoms with van der Waals surface area (Å²) < 4.78 is 0. The van der Waals surface area contributed by atoms with Crippen molar-refractivity contribution in [2.45, 2.75) is 69.6 Å². The van der Waals surface area contributed by atoms with Crippen molar-refractivity contribution in [2.24, 2.45) is 0 Å². The molecule has 0 spiro atoms. The fourth-order valence-electron chi connectivity index (χ4n) is 2.37. The minimum absolute atomic E-state index is 0.134. The van der Waals surface area contributed by atoms with Crippen LogP contribution in [0.25, 0.3) is 0 Å². The highest BCUT2D eigenvalue weighted by atomic mass is 32.2. The summed E-state index contributed by atoms with van der Waals surface area (Å²) >= 11 is 1.60. The first-order valence-electron chi connectivity index (χ1n) is 7.19. The van der Waals surface area contributed by atoms with E-state index in [2.05, 4.69) is 12.2 Å². The van der Waals surface area contributed by atoms with Gasteiger partial charge in [0.2, 0.25) is 5.91 Å². The number of carbonyl (C=O) groups is 2. The molecule has 1 aliphatic rings. The van der Waals surface area contributed by atoms with Crippen LogP contribution in [-0.4, -0.2) is 33.5 Å². The van der Waals surface area contributed by atoms with E-state index in [0.717, 1.165) is 37.9 Å². The predicted molar refractivity (Wildman–Crippen MR) is 78.4 cm³/mol. The van der Waals surface area contributed by atoms with E-state index in [1.165, 1.54) is 0 Å². The van der Waals surface area contributed by atoms with Crippen LogP contribution in [0.1, 0.15) is 58.8 Å². The number of nitrogens with one attached hydrogen (secondary N) is 1. The third kappa shape index (κ3) is 4.71. The molecule has 0 aliphatic heterocycles. The van der Waals surface area contributed by atoms with Crippen molar-refractivity contribution >= 4 is 23.6 Å². The van der Waals surface area contributed by atoms with E-state index < -0.39 is 11.5 Å². The van der Waals surface area contributed by atoms with Crippen molar-refractivity contribution in [3.8, 4) is 0 Å². The Kier molecular flexibility index (Phi) is 6.69. The van der Waals surface area contributed by atoms with Gasteiger partial charge in [-0.15, -0.1) is 11.8 Å². The molecular formula is C14H25NO3S. The molecule has 5 heteroatoms. The monoisotopic (exact) mass is 287 g/mol. The molecule has 2 N–H and O–H groups in total. The largest absolute Gasteiger partial charge is 0.480 e. The molecule has 0 aromatic carbocycles. The first-order valence-corrected chi connectivity index (χ1v) is 8.24. The van der Waals surface area contributed by atoms with Gasteiger partial charge in [0.15, 0.2) is 0 Å². The average Bonchev–Trinajstić information content (AvgIpc) is 2.39. The number of unbranched alkanes of at least 4 members (excludes halogenated alkanes) is 1. The van der Waals surface area contributed by atoms with Crippen LogP contribution in [0.15, 0.2) is 0 Å². The lowest BCUT2D eigenvalue weighted by atomic mass is 9.81. The number of hydrogen-bond acceptors (Lipinski definition) is 3. The molecule has 0 radical (unpaired) electrons. The second-order valence-electron chi connectivity index (χ2n) is 5.30. The Labute approximate surface area is 119 Å². The maximum atomic E-state index is 12.1. The lowest BCUT2D eigenvalue weighted by Gasteiger charge is -2.34. The van der Waals surface area contributed by atoms with Gasteiger partial charge in [-0.3, -0.25) is 4.79 Å². The highest BCUT2D eigenvalue weighted by Crippen LogP contribution is 2.29. The van der Waals surface area contributed by atoms with E-state index in [9.17, 15) is 14.7 Å². The number of hydrogen-bond donors (Lipinski definition) is 2. The number of carbonyl (C=O) groups excluding carboxylic acids is 1. The van der Waals surface area contributed by atoms with Crippen LogP contribution in [0.3, 0.4) is 0 Å². The van der Waals surface area contributed by atoms with E-state index >= 15 is 0 Å². The maximum Gasteiger partial charge on any atom is 0.329 e. The Hall–Kier alpha value is -0.710. The molecule has 0 bridgehead atoms. The van der Waals surface area contributed by atoms with Gasteiger partial charge in [-0.05, 0) is 31.9 Å². The minimum Gasteiger partial charge on any atom is -0.480 e. The summed E-state index contributed by atoms with van der Waals surface area (Å²) in [7, 11) is 0. The molecule has 1 unspecified atom stereocenters. The predicted octanol–water partition coefficient (Wildman–Crippen LogP) is 2.81. The zero-order valence-electron chi connectivity index (χ0n) is 11.9. The molecular weight excluding hydrogens is 262 g/mol. The van der Waals surface area contributed by atoms with Gasteiger partial charge >= 0.3 is 5.97 Å². The third-order valence-electron chi connectivity index (χ3n) is 3.71. The fourth-order valence-corrected chi connectivity index (χ4v) is 3.38. The first kappa shape index (κ1) is 16.3. The van der Waals surface area contributed by atoms with Gasteiger partial charge in [-0.1, -0.05) is 32.6 Å². The van der Waals surface area contributed by atoms with Gasteiger partial charge in [-0.25, -0.2) is 4.79 Å². The van der Waals surface area contributed by atoms with E-state index in [-0.39, 0.29) is 11.2 Å². The second kappa shape index (κ2) is 7.78. The summed E-state index contributed by atoms with van der Waals surface area (Å²) in [5.41, 5.74) is -1.02. The topological polar surface area (TPSA) is 66.4 Å². The number of aliphatic carboxylic acids is 1. The normalized spacial score (nSPS) is 19.7. The SMILES string of the molecule is CCCCSC(C)C(=O)NC1(C(=O)O)CCCCC1. The molecule has 0 aromatic heterocycles. The minimum atomic E-state index is -1.02. The molecule has 1 fully saturated rings. The van der Waals surface area contributed by atoms with Gasteiger partial charge < -0.3 is 10.4 Å². The van der Waals surface area contributed by atoms with Crippen LogP contribution in [0, 0.1) is 0 Å². The van der Waals surface area contributed by atoms with E-state index in [1.807, 2.05) is 6.92 Å². The van der Waals surface area contributed by atoms with Crippen LogP contribution in [0.2, 0.25) is 0 Å². The van der Waals surface area contributed by atoms with Crippen molar-refractivity contribution in [2.75, 3.05) is 5.75 Å². The zero-order chi connectivity index (χ0) is 14.3. The van der Waals surface area contributed by atoms with E-state index in [4.69, 9.17) is 0 Å². The summed E-state index contributed by atoms with van der Waals surface area (Å²) in [6.07, 6.45) is 6.13. The quantitative estimate of drug-likeness (QED) is 0.707. The smallest absolute Gasteiger partial charge is 0.329 e. The summed E-state index contributed by atoms with van der Waals surface area (Å²) in [6.45, 7) is 3.97. The van der Waals surface area contributed by atoms with Gasteiger partial charge in [0, 0.05) is 0 Å². The third-order valence-corrected chi connectivity index (χ3v) is 4.95. The lowest BCUT2D eigenvalue weighted by Crippen LogP contribution is -2.57. The number of rotatable bonds is 7. The van der Waals surface area contributed by atoms with Crippen LogP contribution in [0.5, 0.6) is 0 Å². The van der Waals surface area contributed by atoms with Crippen molar-refractivity contribution in [1.82, 2.24) is 5.32 Å². The van der Waals surface area contributed by atoms with Crippen molar-refractivity contribution < 1.29 is 14.7 Å². The Morgan fingerprint density at radius 3 is 2.47 bits per heavy atom. The van der Waals surface area contributed by atoms with Gasteiger partial charge in [0.25, 0.3) is 0 Å². The highest BCUT2D eigenvalue weighted by Gasteiger charge is 2.41. The Morgan fingerprint density at radius 1 is 1.32 bits per heavy atom. The van der Waals surface area contributed by atoms with Crippen LogP contribution in [0.4, 0.5) is 0 Å². The molecule has 19 heavy (non-hydrogen) atoms. The Morgan fingerprint density at radius 2 is 1.95 bits per heavy atom. The zero-order valence-corrected chi connectivity index (χ0v) is 12.7. The van der Waals surface area contributed by atoms with Crippen LogP contribution < -0.4 is 5.32 Å². The standard InChI is InChI=1S/C14H25NO3S/c1-3-4-10-19-11(2)12(16)15-14(13(17)18)8-6-5-7-9-14/h11H,3-10H2,1-2H3,(H,15,16)(H,17,18). The van der Waals surface area contributed by atoms with Crippen molar-refractivity contribution in [3.63, 3.8) is 0 Å². The number of amides is 1. The Balaban J connectivity index is 2.54. The average molecular weight is 287 g/mol. The van der Waals surface area contributed by atoms with Crippen LogP contribution >= 0.6 is 11.8 Å². The molecule has 1 saturated carbocycles. The van der Waals surface area contributed by atoms with Crippen LogP contribution in [-0.2, 0) is 9.59 Å². The number of carboxylic acid groups (broad SMARTS) is 1. The number of thioether (sulfide) groups is 1. The number of carboxylic acids is 1. The summed E-state index contributed by atoms with van der Waals surface area (Å²) in [5, 5.41) is 12.0. The van der Waals surface area contributed by atoms with E-state index in [1.54, 1.807) is 11.8 Å². The molecule has 0 heterocycles. The van der Waals surface area contributed by atoms with Crippen molar-refractivity contribution in [1.29, 1.82) is 0 Å². The maximum absolute atomic E-state index is 12.1. The molecule has 1 aliphatic carbocycles. The van der Waals surface area contributed by atoms with Gasteiger partial charge in [0.05, 0.1) is 5.25 Å². The summed E-state index contributed by atoms with van der Waals surface area (Å²) in [4.78, 5) is 23.6. The molecule has 4 nitrogen and oxygen atoms in total. The molecule has 1 rings (SSSR count). The Bertz CT molecular complexity index is 314. The molecule has 0 saturated heterocycles. The molecule has 1 amide bonds. The van der Waals surface area contributed by atoms with Gasteiger partial charge in [-0.2, -0.15) is 0 Å². The fraction of sp³-hybridized carbons (Fsp3) is 0.857. The highest BCUT2D eigenvalue weighted by molar-refractivity contribution is 8.00. The molecule has 1 atom stereocenters. The van der Waals surface area contributed by atoms with Gasteiger partial charge in [0.1, 0.15) is 5.54 Å². The van der Waals surface area contributed by atoms with E-state index in [0.29, 0.717) is 12.8 Å².